The fraction of sp³-hybridized carbons (Fsp3) is 0.800. The summed E-state index contributed by atoms with van der Waals surface area (Å²) in [7, 11) is 0. The molecule has 0 spiro atoms. The largest absolute Gasteiger partial charge is 0.311 e. The summed E-state index contributed by atoms with van der Waals surface area (Å²) in [5, 5.41) is 12.1. The zero-order chi connectivity index (χ0) is 10.5. The van der Waals surface area contributed by atoms with Crippen LogP contribution in [0.25, 0.3) is 0 Å². The van der Waals surface area contributed by atoms with Gasteiger partial charge in [0.25, 0.3) is 0 Å². The summed E-state index contributed by atoms with van der Waals surface area (Å²) < 4.78 is 1.87. The number of nitrogens with one attached hydrogen (secondary N) is 1. The van der Waals surface area contributed by atoms with Gasteiger partial charge >= 0.3 is 0 Å². The van der Waals surface area contributed by atoms with Crippen molar-refractivity contribution >= 4 is 11.8 Å². The Morgan fingerprint density at radius 1 is 1.60 bits per heavy atom. The number of nitrogens with zero attached hydrogens (tertiary/aromatic N) is 3. The Hall–Kier alpha value is -0.550. The van der Waals surface area contributed by atoms with Gasteiger partial charge in [-0.2, -0.15) is 11.8 Å². The smallest absolute Gasteiger partial charge is 0.0692 e. The molecule has 5 heteroatoms. The summed E-state index contributed by atoms with van der Waals surface area (Å²) in [6.07, 6.45) is 6.28. The maximum atomic E-state index is 3.94. The molecule has 1 aromatic rings. The Labute approximate surface area is 94.8 Å². The molecule has 0 aliphatic carbocycles. The maximum absolute atomic E-state index is 3.94. The van der Waals surface area contributed by atoms with Crippen LogP contribution in [0.3, 0.4) is 0 Å². The van der Waals surface area contributed by atoms with E-state index in [4.69, 9.17) is 0 Å². The van der Waals surface area contributed by atoms with Crippen LogP contribution in [-0.2, 0) is 6.54 Å². The van der Waals surface area contributed by atoms with E-state index in [2.05, 4.69) is 34.3 Å². The van der Waals surface area contributed by atoms with Gasteiger partial charge < -0.3 is 5.32 Å². The highest BCUT2D eigenvalue weighted by molar-refractivity contribution is 7.99. The second kappa shape index (κ2) is 5.51. The highest BCUT2D eigenvalue weighted by Gasteiger charge is 2.20. The minimum atomic E-state index is 0.673. The summed E-state index contributed by atoms with van der Waals surface area (Å²) in [6.45, 7) is 4.21. The van der Waals surface area contributed by atoms with E-state index < -0.39 is 0 Å². The lowest BCUT2D eigenvalue weighted by Gasteiger charge is -2.29. The first kappa shape index (κ1) is 11.0. The van der Waals surface area contributed by atoms with Crippen molar-refractivity contribution in [3.8, 4) is 0 Å². The molecule has 2 unspecified atom stereocenters. The Morgan fingerprint density at radius 2 is 2.53 bits per heavy atom. The minimum absolute atomic E-state index is 0.673. The van der Waals surface area contributed by atoms with Crippen LogP contribution in [0.2, 0.25) is 0 Å². The van der Waals surface area contributed by atoms with E-state index in [0.717, 1.165) is 18.3 Å². The number of rotatable bonds is 4. The van der Waals surface area contributed by atoms with Gasteiger partial charge in [0, 0.05) is 24.0 Å². The molecule has 2 rings (SSSR count). The lowest BCUT2D eigenvalue weighted by Crippen LogP contribution is -2.40. The first-order valence-electron chi connectivity index (χ1n) is 5.55. The van der Waals surface area contributed by atoms with Crippen LogP contribution in [0.5, 0.6) is 0 Å². The minimum Gasteiger partial charge on any atom is -0.311 e. The molecule has 1 N–H and O–H groups in total. The van der Waals surface area contributed by atoms with Crippen LogP contribution in [0.15, 0.2) is 12.4 Å². The predicted octanol–water partition coefficient (Wildman–Crippen LogP) is 1.15. The first-order valence-corrected chi connectivity index (χ1v) is 6.60. The number of hydrogen-bond donors (Lipinski definition) is 1. The zero-order valence-electron chi connectivity index (χ0n) is 9.09. The van der Waals surface area contributed by atoms with Gasteiger partial charge in [-0.15, -0.1) is 5.10 Å². The Bertz CT molecular complexity index is 275. The Kier molecular flexibility index (Phi) is 4.02. The quantitative estimate of drug-likeness (QED) is 0.836. The standard InChI is InChI=1S/C10H18N4S/c1-9-10(3-2-8-15-9)11-4-6-14-7-5-12-13-14/h5,7,9-11H,2-4,6,8H2,1H3. The van der Waals surface area contributed by atoms with E-state index in [9.17, 15) is 0 Å². The van der Waals surface area contributed by atoms with E-state index in [1.165, 1.54) is 18.6 Å². The molecule has 1 aromatic heterocycles. The highest BCUT2D eigenvalue weighted by atomic mass is 32.2. The SMILES string of the molecule is CC1SCCCC1NCCn1ccnn1. The second-order valence-corrected chi connectivity index (χ2v) is 5.43. The third-order valence-electron chi connectivity index (χ3n) is 2.83. The molecule has 0 bridgehead atoms. The van der Waals surface area contributed by atoms with Crippen LogP contribution in [0.4, 0.5) is 0 Å². The number of aromatic nitrogens is 3. The van der Waals surface area contributed by atoms with Crippen molar-refractivity contribution in [3.63, 3.8) is 0 Å². The van der Waals surface area contributed by atoms with E-state index >= 15 is 0 Å². The molecule has 1 saturated heterocycles. The van der Waals surface area contributed by atoms with Gasteiger partial charge in [-0.05, 0) is 18.6 Å². The zero-order valence-corrected chi connectivity index (χ0v) is 9.91. The number of thioether (sulfide) groups is 1. The average molecular weight is 226 g/mol. The van der Waals surface area contributed by atoms with Crippen LogP contribution >= 0.6 is 11.8 Å². The van der Waals surface area contributed by atoms with Gasteiger partial charge in [0.2, 0.25) is 0 Å². The van der Waals surface area contributed by atoms with Crippen LogP contribution in [-0.4, -0.2) is 38.6 Å². The van der Waals surface area contributed by atoms with Crippen molar-refractivity contribution in [2.45, 2.75) is 37.6 Å². The molecular weight excluding hydrogens is 208 g/mol. The molecule has 1 fully saturated rings. The molecule has 0 amide bonds. The molecule has 4 nitrogen and oxygen atoms in total. The molecule has 15 heavy (non-hydrogen) atoms. The van der Waals surface area contributed by atoms with Gasteiger partial charge in [0.05, 0.1) is 12.7 Å². The summed E-state index contributed by atoms with van der Waals surface area (Å²) in [5.74, 6) is 1.32. The molecular formula is C10H18N4S. The summed E-state index contributed by atoms with van der Waals surface area (Å²) in [4.78, 5) is 0. The van der Waals surface area contributed by atoms with Gasteiger partial charge in [-0.3, -0.25) is 4.68 Å². The predicted molar refractivity (Wildman–Crippen MR) is 63.0 cm³/mol. The average Bonchev–Trinajstić information content (AvgIpc) is 2.74. The molecule has 1 aliphatic rings. The molecule has 0 saturated carbocycles. The van der Waals surface area contributed by atoms with Crippen LogP contribution < -0.4 is 5.32 Å². The molecule has 1 aliphatic heterocycles. The van der Waals surface area contributed by atoms with E-state index in [1.54, 1.807) is 6.20 Å². The van der Waals surface area contributed by atoms with Crippen molar-refractivity contribution in [1.82, 2.24) is 20.3 Å². The van der Waals surface area contributed by atoms with Crippen molar-refractivity contribution in [2.75, 3.05) is 12.3 Å². The van der Waals surface area contributed by atoms with Gasteiger partial charge in [-0.25, -0.2) is 0 Å². The fourth-order valence-corrected chi connectivity index (χ4v) is 3.08. The molecule has 2 atom stereocenters. The Balaban J connectivity index is 1.68. The van der Waals surface area contributed by atoms with Gasteiger partial charge in [-0.1, -0.05) is 12.1 Å². The van der Waals surface area contributed by atoms with Crippen molar-refractivity contribution in [3.05, 3.63) is 12.4 Å². The normalized spacial score (nSPS) is 26.7. The second-order valence-electron chi connectivity index (χ2n) is 3.94. The fourth-order valence-electron chi connectivity index (χ4n) is 1.91. The summed E-state index contributed by atoms with van der Waals surface area (Å²) in [5.41, 5.74) is 0. The van der Waals surface area contributed by atoms with E-state index in [-0.39, 0.29) is 0 Å². The summed E-state index contributed by atoms with van der Waals surface area (Å²) >= 11 is 2.08. The maximum Gasteiger partial charge on any atom is 0.0692 e. The topological polar surface area (TPSA) is 42.7 Å². The first-order chi connectivity index (χ1) is 7.36. The van der Waals surface area contributed by atoms with Gasteiger partial charge in [0.15, 0.2) is 0 Å². The highest BCUT2D eigenvalue weighted by Crippen LogP contribution is 2.24. The summed E-state index contributed by atoms with van der Waals surface area (Å²) in [6, 6.07) is 0.673. The van der Waals surface area contributed by atoms with E-state index in [0.29, 0.717) is 6.04 Å². The van der Waals surface area contributed by atoms with Crippen molar-refractivity contribution < 1.29 is 0 Å². The third-order valence-corrected chi connectivity index (χ3v) is 4.20. The lowest BCUT2D eigenvalue weighted by molar-refractivity contribution is 0.436. The Morgan fingerprint density at radius 3 is 3.27 bits per heavy atom. The van der Waals surface area contributed by atoms with E-state index in [1.807, 2.05) is 10.9 Å². The third kappa shape index (κ3) is 3.21. The van der Waals surface area contributed by atoms with Crippen molar-refractivity contribution in [1.29, 1.82) is 0 Å². The van der Waals surface area contributed by atoms with Crippen LogP contribution in [0, 0.1) is 0 Å². The molecule has 0 radical (unpaired) electrons. The lowest BCUT2D eigenvalue weighted by atomic mass is 10.1. The number of hydrogen-bond acceptors (Lipinski definition) is 4. The van der Waals surface area contributed by atoms with Gasteiger partial charge in [0.1, 0.15) is 0 Å². The van der Waals surface area contributed by atoms with Crippen LogP contribution in [0.1, 0.15) is 19.8 Å². The van der Waals surface area contributed by atoms with Crippen molar-refractivity contribution in [2.24, 2.45) is 0 Å². The molecule has 0 aromatic carbocycles. The molecule has 84 valence electrons. The molecule has 2 heterocycles. The monoisotopic (exact) mass is 226 g/mol.